The standard InChI is InChI=1S/C18H21N2O7P/c1-11-15(18(21)25-3)16(13-6-4-7-14(10-13)20(22)23)17(12(2)19-11)28(24)26-8-5-9-27-28/h4,6-7,10,16,19H,5,8-9H2,1-3H3. The molecule has 2 heterocycles. The Morgan fingerprint density at radius 3 is 2.57 bits per heavy atom. The Kier molecular flexibility index (Phi) is 5.69. The van der Waals surface area contributed by atoms with Crippen molar-refractivity contribution in [2.45, 2.75) is 26.2 Å². The number of hydrogen-bond donors (Lipinski definition) is 1. The number of nitrogens with zero attached hydrogens (tertiary/aromatic N) is 1. The predicted octanol–water partition coefficient (Wildman–Crippen LogP) is 3.59. The van der Waals surface area contributed by atoms with Crippen molar-refractivity contribution in [3.8, 4) is 0 Å². The molecule has 0 aromatic heterocycles. The number of allylic oxidation sites excluding steroid dienone is 3. The van der Waals surface area contributed by atoms with Gasteiger partial charge in [0.25, 0.3) is 5.69 Å². The van der Waals surface area contributed by atoms with Gasteiger partial charge in [0.1, 0.15) is 0 Å². The summed E-state index contributed by atoms with van der Waals surface area (Å²) in [5.41, 5.74) is 1.52. The zero-order valence-corrected chi connectivity index (χ0v) is 16.7. The van der Waals surface area contributed by atoms with Crippen LogP contribution < -0.4 is 5.32 Å². The summed E-state index contributed by atoms with van der Waals surface area (Å²) in [6, 6.07) is 5.87. The highest BCUT2D eigenvalue weighted by Crippen LogP contribution is 2.65. The fourth-order valence-corrected chi connectivity index (χ4v) is 5.63. The van der Waals surface area contributed by atoms with E-state index in [0.29, 0.717) is 23.4 Å². The van der Waals surface area contributed by atoms with Crippen LogP contribution in [0.25, 0.3) is 0 Å². The molecule has 1 unspecified atom stereocenters. The lowest BCUT2D eigenvalue weighted by atomic mass is 9.86. The molecule has 0 aliphatic carbocycles. The van der Waals surface area contributed by atoms with E-state index in [0.717, 1.165) is 0 Å². The van der Waals surface area contributed by atoms with Crippen molar-refractivity contribution < 1.29 is 28.1 Å². The van der Waals surface area contributed by atoms with Gasteiger partial charge in [-0.25, -0.2) is 4.79 Å². The Morgan fingerprint density at radius 1 is 1.29 bits per heavy atom. The zero-order chi connectivity index (χ0) is 20.5. The first kappa shape index (κ1) is 20.3. The van der Waals surface area contributed by atoms with Gasteiger partial charge in [0.15, 0.2) is 0 Å². The molecule has 1 aromatic carbocycles. The molecule has 0 bridgehead atoms. The van der Waals surface area contributed by atoms with E-state index in [9.17, 15) is 19.5 Å². The first-order valence-electron chi connectivity index (χ1n) is 8.69. The molecule has 1 fully saturated rings. The van der Waals surface area contributed by atoms with E-state index in [1.165, 1.54) is 25.3 Å². The Bertz CT molecular complexity index is 928. The third kappa shape index (κ3) is 3.61. The number of carbonyl (C=O) groups is 1. The second-order valence-corrected chi connectivity index (χ2v) is 8.46. The summed E-state index contributed by atoms with van der Waals surface area (Å²) in [4.78, 5) is 23.3. The van der Waals surface area contributed by atoms with Gasteiger partial charge in [-0.1, -0.05) is 12.1 Å². The highest BCUT2D eigenvalue weighted by atomic mass is 31.2. The Hall–Kier alpha value is -2.48. The first-order valence-corrected chi connectivity index (χ1v) is 10.2. The summed E-state index contributed by atoms with van der Waals surface area (Å²) in [6.07, 6.45) is 0.601. The van der Waals surface area contributed by atoms with E-state index in [4.69, 9.17) is 13.8 Å². The summed E-state index contributed by atoms with van der Waals surface area (Å²) in [7, 11) is -2.47. The average Bonchev–Trinajstić information content (AvgIpc) is 2.67. The van der Waals surface area contributed by atoms with E-state index in [2.05, 4.69) is 5.32 Å². The third-order valence-electron chi connectivity index (χ3n) is 4.65. The van der Waals surface area contributed by atoms with Gasteiger partial charge in [-0.2, -0.15) is 0 Å². The van der Waals surface area contributed by atoms with Gasteiger partial charge >= 0.3 is 13.6 Å². The number of nitro groups is 1. The van der Waals surface area contributed by atoms with Crippen LogP contribution in [-0.4, -0.2) is 31.2 Å². The molecule has 2 aliphatic heterocycles. The Balaban J connectivity index is 2.23. The lowest BCUT2D eigenvalue weighted by molar-refractivity contribution is -0.384. The molecule has 150 valence electrons. The molecule has 0 amide bonds. The maximum atomic E-state index is 13.5. The molecule has 1 atom stereocenters. The molecule has 2 aliphatic rings. The molecule has 10 heteroatoms. The van der Waals surface area contributed by atoms with Crippen LogP contribution in [0.3, 0.4) is 0 Å². The zero-order valence-electron chi connectivity index (χ0n) is 15.8. The van der Waals surface area contributed by atoms with Crippen molar-refractivity contribution in [2.75, 3.05) is 20.3 Å². The van der Waals surface area contributed by atoms with Gasteiger partial charge in [0.05, 0.1) is 42.1 Å². The normalized spacial score (nSPS) is 21.9. The number of esters is 1. The summed E-state index contributed by atoms with van der Waals surface area (Å²) < 4.78 is 29.5. The monoisotopic (exact) mass is 408 g/mol. The number of carbonyl (C=O) groups excluding carboxylic acids is 1. The number of rotatable bonds is 4. The molecule has 0 saturated carbocycles. The van der Waals surface area contributed by atoms with Crippen LogP contribution >= 0.6 is 7.60 Å². The summed E-state index contributed by atoms with van der Waals surface area (Å²) >= 11 is 0. The number of non-ortho nitro benzene ring substituents is 1. The topological polar surface area (TPSA) is 117 Å². The van der Waals surface area contributed by atoms with Gasteiger partial charge in [-0.05, 0) is 25.8 Å². The van der Waals surface area contributed by atoms with Crippen LogP contribution in [0.2, 0.25) is 0 Å². The van der Waals surface area contributed by atoms with Crippen molar-refractivity contribution >= 4 is 19.3 Å². The maximum absolute atomic E-state index is 13.5. The fraction of sp³-hybridized carbons (Fsp3) is 0.389. The van der Waals surface area contributed by atoms with Crippen molar-refractivity contribution in [3.63, 3.8) is 0 Å². The van der Waals surface area contributed by atoms with Crippen LogP contribution in [0.5, 0.6) is 0 Å². The number of benzene rings is 1. The van der Waals surface area contributed by atoms with Crippen LogP contribution in [0.15, 0.2) is 46.5 Å². The van der Waals surface area contributed by atoms with Gasteiger partial charge in [-0.15, -0.1) is 0 Å². The summed E-state index contributed by atoms with van der Waals surface area (Å²) in [5, 5.41) is 14.6. The minimum Gasteiger partial charge on any atom is -0.466 e. The minimum absolute atomic E-state index is 0.140. The molecule has 1 aromatic rings. The molecular formula is C18H21N2O7P. The Labute approximate surface area is 162 Å². The van der Waals surface area contributed by atoms with Crippen molar-refractivity contribution in [1.29, 1.82) is 0 Å². The summed E-state index contributed by atoms with van der Waals surface area (Å²) in [5.74, 6) is -1.49. The molecule has 9 nitrogen and oxygen atoms in total. The van der Waals surface area contributed by atoms with Crippen LogP contribution in [0.4, 0.5) is 5.69 Å². The third-order valence-corrected chi connectivity index (χ3v) is 6.88. The van der Waals surface area contributed by atoms with E-state index in [1.807, 2.05) is 0 Å². The number of nitro benzene ring substituents is 1. The minimum atomic E-state index is -3.71. The number of hydrogen-bond acceptors (Lipinski definition) is 8. The number of methoxy groups -OCH3 is 1. The largest absolute Gasteiger partial charge is 0.466 e. The SMILES string of the molecule is COC(=O)C1=C(C)NC(C)=C(P2(=O)OCCCO2)C1c1cccc([N+](=O)[O-])c1. The number of dihydropyridines is 1. The first-order chi connectivity index (χ1) is 13.3. The quantitative estimate of drug-likeness (QED) is 0.348. The molecule has 28 heavy (non-hydrogen) atoms. The lowest BCUT2D eigenvalue weighted by Gasteiger charge is -2.35. The second-order valence-electron chi connectivity index (χ2n) is 6.47. The molecule has 1 N–H and O–H groups in total. The van der Waals surface area contributed by atoms with Crippen LogP contribution in [0.1, 0.15) is 31.7 Å². The lowest BCUT2D eigenvalue weighted by Crippen LogP contribution is -2.30. The van der Waals surface area contributed by atoms with E-state index >= 15 is 0 Å². The van der Waals surface area contributed by atoms with Crippen LogP contribution in [0, 0.1) is 10.1 Å². The van der Waals surface area contributed by atoms with Crippen molar-refractivity contribution in [2.24, 2.45) is 0 Å². The average molecular weight is 408 g/mol. The van der Waals surface area contributed by atoms with Crippen LogP contribution in [-0.2, 0) is 23.1 Å². The molecular weight excluding hydrogens is 387 g/mol. The predicted molar refractivity (Wildman–Crippen MR) is 101 cm³/mol. The summed E-state index contributed by atoms with van der Waals surface area (Å²) in [6.45, 7) is 3.91. The molecule has 0 spiro atoms. The maximum Gasteiger partial charge on any atom is 0.360 e. The molecule has 3 rings (SSSR count). The number of nitrogens with one attached hydrogen (secondary N) is 1. The van der Waals surface area contributed by atoms with E-state index < -0.39 is 24.4 Å². The smallest absolute Gasteiger partial charge is 0.360 e. The van der Waals surface area contributed by atoms with Gasteiger partial charge in [0, 0.05) is 23.5 Å². The van der Waals surface area contributed by atoms with Crippen molar-refractivity contribution in [1.82, 2.24) is 5.32 Å². The van der Waals surface area contributed by atoms with Gasteiger partial charge in [0.2, 0.25) is 0 Å². The van der Waals surface area contributed by atoms with Gasteiger partial charge < -0.3 is 19.1 Å². The fourth-order valence-electron chi connectivity index (χ4n) is 3.47. The molecule has 0 radical (unpaired) electrons. The highest BCUT2D eigenvalue weighted by Gasteiger charge is 2.45. The van der Waals surface area contributed by atoms with Gasteiger partial charge in [-0.3, -0.25) is 14.7 Å². The van der Waals surface area contributed by atoms with E-state index in [-0.39, 0.29) is 29.8 Å². The highest BCUT2D eigenvalue weighted by molar-refractivity contribution is 7.58. The van der Waals surface area contributed by atoms with Crippen molar-refractivity contribution in [3.05, 3.63) is 62.2 Å². The van der Waals surface area contributed by atoms with E-state index in [1.54, 1.807) is 19.9 Å². The Morgan fingerprint density at radius 2 is 1.96 bits per heavy atom. The second kappa shape index (κ2) is 7.87. The molecule has 1 saturated heterocycles. The number of ether oxygens (including phenoxy) is 1.